The van der Waals surface area contributed by atoms with Crippen LogP contribution in [0.4, 0.5) is 8.78 Å². The number of aromatic nitrogens is 4. The molecule has 0 unspecified atom stereocenters. The lowest BCUT2D eigenvalue weighted by Crippen LogP contribution is -2.52. The number of aryl methyl sites for hydroxylation is 2. The highest BCUT2D eigenvalue weighted by Gasteiger charge is 2.46. The van der Waals surface area contributed by atoms with Crippen LogP contribution in [0, 0.1) is 25.7 Å². The molecule has 6 rings (SSSR count). The standard InChI is InChI=1S/C35H42F2N6O3S/c1-19-12-30(47-5)28(33(45)40-19)17-38-34(46)31-21(3)43(29-11-10-24(13-27(29)31)25-16-39-42(4)18-25)20(2)22-6-8-23(9-7-22)32(44)41-26-14-35(36,37)15-26/h10-13,16,18,20,22-23,26H,6-9,14-15,17H2,1-5H3,(H,38,46)(H,40,45)(H,41,44)/t20-,22?,23?/m1/s1. The Labute approximate surface area is 276 Å². The first-order chi connectivity index (χ1) is 22.3. The van der Waals surface area contributed by atoms with Crippen LogP contribution in [-0.4, -0.2) is 49.4 Å². The van der Waals surface area contributed by atoms with Gasteiger partial charge < -0.3 is 20.2 Å². The third kappa shape index (κ3) is 6.61. The minimum absolute atomic E-state index is 0.0423. The minimum Gasteiger partial charge on any atom is -0.353 e. The highest BCUT2D eigenvalue weighted by Crippen LogP contribution is 2.41. The number of carbonyl (C=O) groups is 2. The van der Waals surface area contributed by atoms with Gasteiger partial charge in [0.05, 0.1) is 11.8 Å². The second kappa shape index (κ2) is 12.9. The monoisotopic (exact) mass is 664 g/mol. The Morgan fingerprint density at radius 3 is 2.49 bits per heavy atom. The summed E-state index contributed by atoms with van der Waals surface area (Å²) in [5.41, 5.74) is 5.31. The summed E-state index contributed by atoms with van der Waals surface area (Å²) in [5.74, 6) is -2.93. The van der Waals surface area contributed by atoms with E-state index in [1.54, 1.807) is 10.9 Å². The van der Waals surface area contributed by atoms with E-state index in [0.29, 0.717) is 24.0 Å². The van der Waals surface area contributed by atoms with Crippen molar-refractivity contribution in [2.45, 2.75) is 88.7 Å². The molecular weight excluding hydrogens is 622 g/mol. The van der Waals surface area contributed by atoms with Crippen molar-refractivity contribution in [1.82, 2.24) is 30.0 Å². The number of benzene rings is 1. The van der Waals surface area contributed by atoms with Gasteiger partial charge in [0, 0.05) is 88.9 Å². The zero-order chi connectivity index (χ0) is 33.6. The molecule has 1 atom stereocenters. The van der Waals surface area contributed by atoms with Crippen molar-refractivity contribution in [2.24, 2.45) is 18.9 Å². The van der Waals surface area contributed by atoms with Gasteiger partial charge in [0.25, 0.3) is 17.4 Å². The van der Waals surface area contributed by atoms with Gasteiger partial charge in [-0.3, -0.25) is 19.1 Å². The Kier molecular flexibility index (Phi) is 9.08. The number of aromatic amines is 1. The normalized spacial score (nSPS) is 20.1. The van der Waals surface area contributed by atoms with Gasteiger partial charge in [-0.15, -0.1) is 11.8 Å². The van der Waals surface area contributed by atoms with Crippen molar-refractivity contribution >= 4 is 34.5 Å². The number of nitrogens with one attached hydrogen (secondary N) is 3. The van der Waals surface area contributed by atoms with E-state index >= 15 is 0 Å². The molecule has 0 radical (unpaired) electrons. The summed E-state index contributed by atoms with van der Waals surface area (Å²) in [6.45, 7) is 6.07. The van der Waals surface area contributed by atoms with E-state index in [-0.39, 0.29) is 54.6 Å². The molecule has 0 bridgehead atoms. The van der Waals surface area contributed by atoms with Crippen LogP contribution in [-0.2, 0) is 18.4 Å². The fourth-order valence-corrected chi connectivity index (χ4v) is 8.16. The van der Waals surface area contributed by atoms with Crippen LogP contribution in [0.2, 0.25) is 0 Å². The Morgan fingerprint density at radius 1 is 1.13 bits per heavy atom. The fourth-order valence-electron chi connectivity index (χ4n) is 7.45. The Balaban J connectivity index is 1.27. The van der Waals surface area contributed by atoms with E-state index in [9.17, 15) is 23.2 Å². The van der Waals surface area contributed by atoms with Crippen molar-refractivity contribution in [3.8, 4) is 11.1 Å². The fraction of sp³-hybridized carbons (Fsp3) is 0.486. The summed E-state index contributed by atoms with van der Waals surface area (Å²) in [5, 5.41) is 11.0. The largest absolute Gasteiger partial charge is 0.353 e. The van der Waals surface area contributed by atoms with Gasteiger partial charge >= 0.3 is 0 Å². The molecule has 0 spiro atoms. The molecule has 47 heavy (non-hydrogen) atoms. The van der Waals surface area contributed by atoms with E-state index in [0.717, 1.165) is 51.2 Å². The summed E-state index contributed by atoms with van der Waals surface area (Å²) in [6.07, 6.45) is 8.14. The molecule has 3 aromatic heterocycles. The summed E-state index contributed by atoms with van der Waals surface area (Å²) >= 11 is 1.47. The maximum Gasteiger partial charge on any atom is 0.254 e. The van der Waals surface area contributed by atoms with Crippen molar-refractivity contribution in [1.29, 1.82) is 0 Å². The van der Waals surface area contributed by atoms with Crippen LogP contribution in [0.25, 0.3) is 22.0 Å². The molecule has 0 saturated heterocycles. The number of H-pyrrole nitrogens is 1. The number of halogens is 2. The first-order valence-electron chi connectivity index (χ1n) is 16.2. The zero-order valence-corrected chi connectivity index (χ0v) is 28.3. The van der Waals surface area contributed by atoms with Crippen LogP contribution >= 0.6 is 11.8 Å². The smallest absolute Gasteiger partial charge is 0.254 e. The lowest BCUT2D eigenvalue weighted by Gasteiger charge is -2.38. The Morgan fingerprint density at radius 2 is 1.85 bits per heavy atom. The predicted octanol–water partition coefficient (Wildman–Crippen LogP) is 6.28. The van der Waals surface area contributed by atoms with Crippen LogP contribution in [0.3, 0.4) is 0 Å². The third-order valence-corrected chi connectivity index (χ3v) is 10.9. The first-order valence-corrected chi connectivity index (χ1v) is 17.4. The molecular formula is C35H42F2N6O3S. The predicted molar refractivity (Wildman–Crippen MR) is 180 cm³/mol. The molecule has 2 aliphatic rings. The molecule has 0 aliphatic heterocycles. The maximum atomic E-state index is 14.0. The molecule has 9 nitrogen and oxygen atoms in total. The van der Waals surface area contributed by atoms with Gasteiger partial charge in [0.15, 0.2) is 0 Å². The van der Waals surface area contributed by atoms with Crippen LogP contribution in [0.1, 0.15) is 78.8 Å². The molecule has 2 saturated carbocycles. The number of fused-ring (bicyclic) bond motifs is 1. The number of thioether (sulfide) groups is 1. The first kappa shape index (κ1) is 33.0. The maximum absolute atomic E-state index is 14.0. The van der Waals surface area contributed by atoms with E-state index in [4.69, 9.17) is 0 Å². The van der Waals surface area contributed by atoms with Crippen molar-refractivity contribution in [3.63, 3.8) is 0 Å². The van der Waals surface area contributed by atoms with Gasteiger partial charge in [-0.1, -0.05) is 6.07 Å². The van der Waals surface area contributed by atoms with Gasteiger partial charge in [-0.2, -0.15) is 5.10 Å². The second-order valence-electron chi connectivity index (χ2n) is 13.3. The van der Waals surface area contributed by atoms with E-state index < -0.39 is 12.0 Å². The highest BCUT2D eigenvalue weighted by molar-refractivity contribution is 7.98. The summed E-state index contributed by atoms with van der Waals surface area (Å²) in [4.78, 5) is 43.3. The third-order valence-electron chi connectivity index (χ3n) is 10.1. The number of rotatable bonds is 9. The molecule has 4 aromatic rings. The van der Waals surface area contributed by atoms with E-state index in [1.165, 1.54) is 11.8 Å². The van der Waals surface area contributed by atoms with Crippen molar-refractivity contribution in [3.05, 3.63) is 69.5 Å². The minimum atomic E-state index is -2.66. The Bertz CT molecular complexity index is 1880. The number of amides is 2. The SMILES string of the molecule is CSc1cc(C)[nH]c(=O)c1CNC(=O)c1c(C)n([C@H](C)C2CCC(C(=O)NC3CC(F)(F)C3)CC2)c2ccc(-c3cnn(C)c3)cc12. The lowest BCUT2D eigenvalue weighted by atomic mass is 9.78. The summed E-state index contributed by atoms with van der Waals surface area (Å²) < 4.78 is 30.5. The molecule has 2 aliphatic carbocycles. The molecule has 3 N–H and O–H groups in total. The molecule has 2 fully saturated rings. The molecule has 250 valence electrons. The van der Waals surface area contributed by atoms with Crippen LogP contribution in [0.5, 0.6) is 0 Å². The number of carbonyl (C=O) groups excluding carboxylic acids is 2. The number of hydrogen-bond acceptors (Lipinski definition) is 5. The van der Waals surface area contributed by atoms with Gasteiger partial charge in [-0.25, -0.2) is 8.78 Å². The number of alkyl halides is 2. The van der Waals surface area contributed by atoms with E-state index in [1.807, 2.05) is 51.5 Å². The number of nitrogens with zero attached hydrogens (tertiary/aromatic N) is 3. The average molecular weight is 665 g/mol. The highest BCUT2D eigenvalue weighted by atomic mass is 32.2. The molecule has 12 heteroatoms. The van der Waals surface area contributed by atoms with Crippen molar-refractivity contribution in [2.75, 3.05) is 6.26 Å². The van der Waals surface area contributed by atoms with Gasteiger partial charge in [-0.05, 0) is 82.4 Å². The molecule has 3 heterocycles. The quantitative estimate of drug-likeness (QED) is 0.182. The van der Waals surface area contributed by atoms with Crippen molar-refractivity contribution < 1.29 is 18.4 Å². The Hall–Kier alpha value is -3.93. The number of pyridine rings is 1. The topological polar surface area (TPSA) is 114 Å². The van der Waals surface area contributed by atoms with E-state index in [2.05, 4.69) is 38.3 Å². The van der Waals surface area contributed by atoms with Gasteiger partial charge in [0.2, 0.25) is 5.91 Å². The van der Waals surface area contributed by atoms with Crippen LogP contribution in [0.15, 0.2) is 46.3 Å². The second-order valence-corrected chi connectivity index (χ2v) is 14.1. The molecule has 2 amide bonds. The zero-order valence-electron chi connectivity index (χ0n) is 27.5. The lowest BCUT2D eigenvalue weighted by molar-refractivity contribution is -0.134. The summed E-state index contributed by atoms with van der Waals surface area (Å²) in [6, 6.07) is 7.67. The molecule has 1 aromatic carbocycles. The van der Waals surface area contributed by atoms with Crippen LogP contribution < -0.4 is 16.2 Å². The average Bonchev–Trinajstić information content (AvgIpc) is 3.58. The summed E-state index contributed by atoms with van der Waals surface area (Å²) in [7, 11) is 1.86. The van der Waals surface area contributed by atoms with Gasteiger partial charge in [0.1, 0.15) is 0 Å². The number of hydrogen-bond donors (Lipinski definition) is 3.